The molecule has 1 rings (SSSR count). The molecule has 0 amide bonds. The Balaban J connectivity index is 3.05. The van der Waals surface area contributed by atoms with Gasteiger partial charge in [0, 0.05) is 17.7 Å². The molecule has 1 atom stereocenters. The van der Waals surface area contributed by atoms with Gasteiger partial charge in [-0.2, -0.15) is 0 Å². The number of hydrogen-bond acceptors (Lipinski definition) is 4. The van der Waals surface area contributed by atoms with Crippen molar-refractivity contribution in [3.8, 4) is 0 Å². The highest BCUT2D eigenvalue weighted by Gasteiger charge is 2.37. The zero-order valence-corrected chi connectivity index (χ0v) is 10.4. The number of hydrogen-bond donors (Lipinski definition) is 1. The summed E-state index contributed by atoms with van der Waals surface area (Å²) in [4.78, 5) is 21.5. The van der Waals surface area contributed by atoms with E-state index in [0.29, 0.717) is 0 Å². The summed E-state index contributed by atoms with van der Waals surface area (Å²) in [5.74, 6) is -0.895. The predicted octanol–water partition coefficient (Wildman–Crippen LogP) is 2.51. The average Bonchev–Trinajstić information content (AvgIpc) is 2.26. The second-order valence-electron chi connectivity index (χ2n) is 3.12. The molecular weight excluding hydrogens is 292 g/mol. The molecule has 17 heavy (non-hydrogen) atoms. The third-order valence-corrected chi connectivity index (χ3v) is 2.52. The van der Waals surface area contributed by atoms with Crippen molar-refractivity contribution in [3.05, 3.63) is 39.9 Å². The normalized spacial score (nSPS) is 13.2. The molecule has 0 saturated heterocycles. The number of aliphatic hydroxyl groups is 1. The van der Waals surface area contributed by atoms with Crippen molar-refractivity contribution in [1.82, 2.24) is 0 Å². The highest BCUT2D eigenvalue weighted by Crippen LogP contribution is 2.32. The lowest BCUT2D eigenvalue weighted by molar-refractivity contribution is -0.384. The fraction of sp³-hybridized carbons (Fsp3) is 0.222. The first-order valence-corrected chi connectivity index (χ1v) is 5.40. The lowest BCUT2D eigenvalue weighted by Crippen LogP contribution is -2.33. The number of carbonyl (C=O) groups is 1. The molecule has 0 aromatic heterocycles. The number of nitro groups is 1. The Kier molecular flexibility index (Phi) is 4.32. The van der Waals surface area contributed by atoms with Crippen LogP contribution in [-0.2, 0) is 0 Å². The Morgan fingerprint density at radius 2 is 2.00 bits per heavy atom. The molecule has 1 N–H and O–H groups in total. The summed E-state index contributed by atoms with van der Waals surface area (Å²) in [5, 5.41) is 19.9. The number of halogens is 3. The fourth-order valence-electron chi connectivity index (χ4n) is 1.08. The first-order chi connectivity index (χ1) is 7.73. The summed E-state index contributed by atoms with van der Waals surface area (Å²) in [5.41, 5.74) is -0.384. The summed E-state index contributed by atoms with van der Waals surface area (Å²) in [6.45, 7) is 0. The Hall–Kier alpha value is -0.880. The second kappa shape index (κ2) is 5.18. The van der Waals surface area contributed by atoms with Gasteiger partial charge in [0.05, 0.1) is 4.92 Å². The van der Waals surface area contributed by atoms with Gasteiger partial charge < -0.3 is 5.11 Å². The molecule has 0 fully saturated rings. The summed E-state index contributed by atoms with van der Waals surface area (Å²) >= 11 is 16.1. The van der Waals surface area contributed by atoms with Gasteiger partial charge in [0.1, 0.15) is 0 Å². The predicted molar refractivity (Wildman–Crippen MR) is 63.7 cm³/mol. The van der Waals surface area contributed by atoms with E-state index in [1.54, 1.807) is 0 Å². The Labute approximate surface area is 111 Å². The van der Waals surface area contributed by atoms with Gasteiger partial charge in [-0.3, -0.25) is 14.9 Å². The van der Waals surface area contributed by atoms with E-state index in [4.69, 9.17) is 34.8 Å². The number of alkyl halides is 3. The van der Waals surface area contributed by atoms with Crippen molar-refractivity contribution in [3.63, 3.8) is 0 Å². The Morgan fingerprint density at radius 3 is 2.47 bits per heavy atom. The molecule has 0 radical (unpaired) electrons. The SMILES string of the molecule is O=C(c1cccc([N+](=O)[O-])c1)C(O)C(Cl)(Cl)Cl. The maximum Gasteiger partial charge on any atom is 0.270 e. The van der Waals surface area contributed by atoms with Crippen LogP contribution in [0.2, 0.25) is 0 Å². The van der Waals surface area contributed by atoms with Crippen molar-refractivity contribution in [1.29, 1.82) is 0 Å². The van der Waals surface area contributed by atoms with Gasteiger partial charge >= 0.3 is 0 Å². The molecular formula is C9H6Cl3NO4. The maximum absolute atomic E-state index is 11.6. The van der Waals surface area contributed by atoms with Crippen molar-refractivity contribution >= 4 is 46.3 Å². The van der Waals surface area contributed by atoms with Crippen LogP contribution in [0.15, 0.2) is 24.3 Å². The molecule has 8 heteroatoms. The number of nitro benzene ring substituents is 1. The molecule has 92 valence electrons. The molecule has 1 aromatic rings. The van der Waals surface area contributed by atoms with Crippen molar-refractivity contribution in [2.24, 2.45) is 0 Å². The highest BCUT2D eigenvalue weighted by molar-refractivity contribution is 6.69. The molecule has 1 unspecified atom stereocenters. The van der Waals surface area contributed by atoms with Gasteiger partial charge in [-0.05, 0) is 0 Å². The van der Waals surface area contributed by atoms with Gasteiger partial charge in [0.25, 0.3) is 5.69 Å². The van der Waals surface area contributed by atoms with Crippen LogP contribution in [0.1, 0.15) is 10.4 Å². The monoisotopic (exact) mass is 297 g/mol. The molecule has 0 spiro atoms. The van der Waals surface area contributed by atoms with Crippen LogP contribution in [0.5, 0.6) is 0 Å². The van der Waals surface area contributed by atoms with Crippen LogP contribution in [0.25, 0.3) is 0 Å². The van der Waals surface area contributed by atoms with Crippen molar-refractivity contribution < 1.29 is 14.8 Å². The zero-order valence-electron chi connectivity index (χ0n) is 8.14. The van der Waals surface area contributed by atoms with E-state index in [1.165, 1.54) is 18.2 Å². The minimum Gasteiger partial charge on any atom is -0.380 e. The molecule has 0 aliphatic heterocycles. The topological polar surface area (TPSA) is 80.4 Å². The first kappa shape index (κ1) is 14.2. The standard InChI is InChI=1S/C9H6Cl3NO4/c10-9(11,12)8(15)7(14)5-2-1-3-6(4-5)13(16)17/h1-4,8,15H. The molecule has 0 bridgehead atoms. The molecule has 0 heterocycles. The van der Waals surface area contributed by atoms with Crippen molar-refractivity contribution in [2.75, 3.05) is 0 Å². The third kappa shape index (κ3) is 3.54. The van der Waals surface area contributed by atoms with E-state index in [-0.39, 0.29) is 11.3 Å². The zero-order chi connectivity index (χ0) is 13.2. The van der Waals surface area contributed by atoms with E-state index in [0.717, 1.165) is 6.07 Å². The first-order valence-electron chi connectivity index (χ1n) is 4.27. The summed E-state index contributed by atoms with van der Waals surface area (Å²) in [6.07, 6.45) is -1.88. The summed E-state index contributed by atoms with van der Waals surface area (Å²) in [7, 11) is 0. The van der Waals surface area contributed by atoms with Gasteiger partial charge in [0.15, 0.2) is 11.9 Å². The van der Waals surface area contributed by atoms with E-state index in [2.05, 4.69) is 0 Å². The number of ketones is 1. The third-order valence-electron chi connectivity index (χ3n) is 1.90. The number of benzene rings is 1. The molecule has 0 saturated carbocycles. The quantitative estimate of drug-likeness (QED) is 0.402. The van der Waals surface area contributed by atoms with E-state index < -0.39 is 20.6 Å². The van der Waals surface area contributed by atoms with E-state index in [1.807, 2.05) is 0 Å². The van der Waals surface area contributed by atoms with Crippen LogP contribution >= 0.6 is 34.8 Å². The maximum atomic E-state index is 11.6. The minimum absolute atomic E-state index is 0.0991. The fourth-order valence-corrected chi connectivity index (χ4v) is 1.38. The number of non-ortho nitro benzene ring substituents is 1. The molecule has 0 aliphatic carbocycles. The Bertz CT molecular complexity index is 458. The van der Waals surface area contributed by atoms with Crippen LogP contribution in [-0.4, -0.2) is 25.7 Å². The lowest BCUT2D eigenvalue weighted by Gasteiger charge is -2.17. The number of nitrogens with zero attached hydrogens (tertiary/aromatic N) is 1. The van der Waals surface area contributed by atoms with E-state index in [9.17, 15) is 20.0 Å². The minimum atomic E-state index is -2.18. The summed E-state index contributed by atoms with van der Waals surface area (Å²) in [6, 6.07) is 4.80. The van der Waals surface area contributed by atoms with Crippen LogP contribution in [0.4, 0.5) is 5.69 Å². The molecule has 1 aromatic carbocycles. The van der Waals surface area contributed by atoms with Crippen LogP contribution < -0.4 is 0 Å². The molecule has 0 aliphatic rings. The van der Waals surface area contributed by atoms with Crippen molar-refractivity contribution in [2.45, 2.75) is 9.90 Å². The smallest absolute Gasteiger partial charge is 0.270 e. The Morgan fingerprint density at radius 1 is 1.41 bits per heavy atom. The lowest BCUT2D eigenvalue weighted by atomic mass is 10.1. The second-order valence-corrected chi connectivity index (χ2v) is 5.48. The highest BCUT2D eigenvalue weighted by atomic mass is 35.6. The number of Topliss-reactive ketones (excluding diaryl/α,β-unsaturated/α-hetero) is 1. The summed E-state index contributed by atoms with van der Waals surface area (Å²) < 4.78 is -2.18. The van der Waals surface area contributed by atoms with Gasteiger partial charge in [-0.25, -0.2) is 0 Å². The van der Waals surface area contributed by atoms with Gasteiger partial charge in [0.2, 0.25) is 3.79 Å². The largest absolute Gasteiger partial charge is 0.380 e. The van der Waals surface area contributed by atoms with E-state index >= 15 is 0 Å². The van der Waals surface area contributed by atoms with Gasteiger partial charge in [-0.15, -0.1) is 0 Å². The molecule has 5 nitrogen and oxygen atoms in total. The number of aliphatic hydroxyl groups excluding tert-OH is 1. The van der Waals surface area contributed by atoms with Crippen LogP contribution in [0.3, 0.4) is 0 Å². The average molecular weight is 299 g/mol. The van der Waals surface area contributed by atoms with Crippen LogP contribution in [0, 0.1) is 10.1 Å². The number of carbonyl (C=O) groups excluding carboxylic acids is 1. The van der Waals surface area contributed by atoms with Gasteiger partial charge in [-0.1, -0.05) is 46.9 Å². The number of rotatable bonds is 3.